The van der Waals surface area contributed by atoms with Crippen molar-refractivity contribution in [1.29, 1.82) is 0 Å². The van der Waals surface area contributed by atoms with E-state index in [-0.39, 0.29) is 17.5 Å². The van der Waals surface area contributed by atoms with Gasteiger partial charge in [-0.05, 0) is 31.4 Å². The van der Waals surface area contributed by atoms with Crippen LogP contribution in [0.1, 0.15) is 53.3 Å². The van der Waals surface area contributed by atoms with E-state index >= 15 is 0 Å². The number of benzene rings is 1. The van der Waals surface area contributed by atoms with Gasteiger partial charge in [-0.15, -0.1) is 0 Å². The van der Waals surface area contributed by atoms with Crippen LogP contribution in [0.5, 0.6) is 0 Å². The van der Waals surface area contributed by atoms with Crippen LogP contribution in [0.15, 0.2) is 36.4 Å². The number of allylic oxidation sites excluding steroid dienone is 2. The number of hydrogen-bond donors (Lipinski definition) is 0. The molecule has 3 rings (SSSR count). The van der Waals surface area contributed by atoms with Gasteiger partial charge < -0.3 is 9.47 Å². The molecule has 1 aromatic rings. The molecule has 0 saturated carbocycles. The van der Waals surface area contributed by atoms with Crippen molar-refractivity contribution in [2.75, 3.05) is 13.2 Å². The third kappa shape index (κ3) is 4.13. The maximum absolute atomic E-state index is 12.8. The van der Waals surface area contributed by atoms with Crippen molar-refractivity contribution in [3.63, 3.8) is 0 Å². The summed E-state index contributed by atoms with van der Waals surface area (Å²) in [6.45, 7) is 2.87. The Labute approximate surface area is 163 Å². The molecule has 1 unspecified atom stereocenters. The van der Waals surface area contributed by atoms with Crippen LogP contribution in [0.25, 0.3) is 0 Å². The van der Waals surface area contributed by atoms with Crippen molar-refractivity contribution in [2.45, 2.75) is 45.1 Å². The van der Waals surface area contributed by atoms with Gasteiger partial charge in [0.25, 0.3) is 18.0 Å². The summed E-state index contributed by atoms with van der Waals surface area (Å²) in [7, 11) is 0. The molecule has 2 aliphatic rings. The number of nitro groups is 1. The van der Waals surface area contributed by atoms with Crippen LogP contribution in [0, 0.1) is 16.0 Å². The monoisotopic (exact) mass is 388 g/mol. The summed E-state index contributed by atoms with van der Waals surface area (Å²) in [5.41, 5.74) is 0.412. The Kier molecular flexibility index (Phi) is 6.53. The molecule has 2 atom stereocenters. The smallest absolute Gasteiger partial charge is 0.299 e. The van der Waals surface area contributed by atoms with E-state index in [1.807, 2.05) is 19.1 Å². The minimum Gasteiger partial charge on any atom is -0.350 e. The van der Waals surface area contributed by atoms with E-state index in [4.69, 9.17) is 9.47 Å². The maximum Gasteiger partial charge on any atom is 0.299 e. The Bertz CT molecular complexity index is 737. The third-order valence-electron chi connectivity index (χ3n) is 5.02. The number of carbonyl (C=O) groups excluding carboxylic acids is 2. The molecule has 0 N–H and O–H groups in total. The Morgan fingerprint density at radius 2 is 1.79 bits per heavy atom. The molecule has 0 aliphatic carbocycles. The molecule has 0 aromatic heterocycles. The molecule has 150 valence electrons. The first-order chi connectivity index (χ1) is 13.5. The summed E-state index contributed by atoms with van der Waals surface area (Å²) < 4.78 is 10.9. The van der Waals surface area contributed by atoms with Crippen molar-refractivity contribution < 1.29 is 24.0 Å². The van der Waals surface area contributed by atoms with Crippen molar-refractivity contribution in [2.24, 2.45) is 5.92 Å². The minimum atomic E-state index is -1.46. The van der Waals surface area contributed by atoms with Crippen molar-refractivity contribution >= 4 is 11.8 Å². The fourth-order valence-corrected chi connectivity index (χ4v) is 3.70. The SMILES string of the molecule is CC/C=C\CC[C@H](CC1OCCO1)C(N1C(=O)c2ccccc2C1=O)[N+](=O)[O-]. The van der Waals surface area contributed by atoms with Crippen LogP contribution in [-0.4, -0.2) is 47.3 Å². The highest BCUT2D eigenvalue weighted by Gasteiger charge is 2.49. The summed E-state index contributed by atoms with van der Waals surface area (Å²) in [5.74, 6) is -1.82. The molecule has 2 heterocycles. The lowest BCUT2D eigenvalue weighted by molar-refractivity contribution is -0.552. The second-order valence-electron chi connectivity index (χ2n) is 6.85. The minimum absolute atomic E-state index is 0.206. The van der Waals surface area contributed by atoms with Gasteiger partial charge in [-0.2, -0.15) is 0 Å². The van der Waals surface area contributed by atoms with Gasteiger partial charge in [0.05, 0.1) is 30.3 Å². The van der Waals surface area contributed by atoms with E-state index in [1.165, 1.54) is 12.1 Å². The van der Waals surface area contributed by atoms with Gasteiger partial charge in [0.1, 0.15) is 0 Å². The second-order valence-corrected chi connectivity index (χ2v) is 6.85. The van der Waals surface area contributed by atoms with Crippen molar-refractivity contribution in [3.05, 3.63) is 57.7 Å². The van der Waals surface area contributed by atoms with E-state index in [0.717, 1.165) is 11.3 Å². The first-order valence-electron chi connectivity index (χ1n) is 9.53. The number of fused-ring (bicyclic) bond motifs is 1. The summed E-state index contributed by atoms with van der Waals surface area (Å²) in [6, 6.07) is 6.33. The third-order valence-corrected chi connectivity index (χ3v) is 5.02. The predicted molar refractivity (Wildman–Crippen MR) is 100 cm³/mol. The molecule has 0 spiro atoms. The first kappa shape index (κ1) is 20.2. The number of imide groups is 1. The number of hydrogen-bond acceptors (Lipinski definition) is 6. The standard InChI is InChI=1S/C20H24N2O6/c1-2-3-4-5-8-14(13-17-27-11-12-28-17)18(22(25)26)21-19(23)15-9-6-7-10-16(15)20(21)24/h3-4,6-7,9-10,14,17-18H,2,5,8,11-13H2,1H3/b4-3-/t14-,18?/m1/s1. The van der Waals surface area contributed by atoms with E-state index in [2.05, 4.69) is 0 Å². The normalized spacial score (nSPS) is 19.4. The fraction of sp³-hybridized carbons (Fsp3) is 0.500. The molecule has 2 aliphatic heterocycles. The zero-order valence-electron chi connectivity index (χ0n) is 15.8. The van der Waals surface area contributed by atoms with Crippen LogP contribution in [0.3, 0.4) is 0 Å². The molecule has 8 heteroatoms. The Hall–Kier alpha value is -2.58. The van der Waals surface area contributed by atoms with Crippen LogP contribution in [0.2, 0.25) is 0 Å². The molecule has 2 amide bonds. The highest BCUT2D eigenvalue weighted by molar-refractivity contribution is 6.21. The number of rotatable bonds is 9. The molecule has 1 aromatic carbocycles. The summed E-state index contributed by atoms with van der Waals surface area (Å²) in [5, 5.41) is 12.0. The molecule has 1 saturated heterocycles. The van der Waals surface area contributed by atoms with Crippen molar-refractivity contribution in [3.8, 4) is 0 Å². The Balaban J connectivity index is 1.87. The number of nitrogens with zero attached hydrogens (tertiary/aromatic N) is 2. The van der Waals surface area contributed by atoms with Crippen LogP contribution in [0.4, 0.5) is 0 Å². The molecular formula is C20H24N2O6. The van der Waals surface area contributed by atoms with E-state index in [9.17, 15) is 19.7 Å². The summed E-state index contributed by atoms with van der Waals surface area (Å²) in [6.07, 6.45) is 4.10. The molecule has 0 bridgehead atoms. The van der Waals surface area contributed by atoms with Gasteiger partial charge in [-0.3, -0.25) is 19.7 Å². The summed E-state index contributed by atoms with van der Waals surface area (Å²) in [4.78, 5) is 37.8. The Morgan fingerprint density at radius 3 is 2.32 bits per heavy atom. The number of ether oxygens (including phenoxy) is 2. The Morgan fingerprint density at radius 1 is 1.18 bits per heavy atom. The lowest BCUT2D eigenvalue weighted by Gasteiger charge is -2.27. The maximum atomic E-state index is 12.8. The number of amides is 2. The average Bonchev–Trinajstić information content (AvgIpc) is 3.28. The highest BCUT2D eigenvalue weighted by Crippen LogP contribution is 2.32. The van der Waals surface area contributed by atoms with Crippen LogP contribution in [-0.2, 0) is 9.47 Å². The quantitative estimate of drug-likeness (QED) is 0.279. The van der Waals surface area contributed by atoms with E-state index in [0.29, 0.717) is 26.1 Å². The highest BCUT2D eigenvalue weighted by atomic mass is 16.7. The fourth-order valence-electron chi connectivity index (χ4n) is 3.70. The molecule has 1 fully saturated rings. The second kappa shape index (κ2) is 9.07. The zero-order chi connectivity index (χ0) is 20.1. The van der Waals surface area contributed by atoms with Crippen LogP contribution >= 0.6 is 0 Å². The molecule has 0 radical (unpaired) electrons. The van der Waals surface area contributed by atoms with Gasteiger partial charge >= 0.3 is 0 Å². The van der Waals surface area contributed by atoms with Crippen LogP contribution < -0.4 is 0 Å². The topological polar surface area (TPSA) is 99.0 Å². The molecular weight excluding hydrogens is 364 g/mol. The predicted octanol–water partition coefficient (Wildman–Crippen LogP) is 3.01. The van der Waals surface area contributed by atoms with Gasteiger partial charge in [0.15, 0.2) is 6.29 Å². The van der Waals surface area contributed by atoms with E-state index in [1.54, 1.807) is 12.1 Å². The van der Waals surface area contributed by atoms with Gasteiger partial charge in [0, 0.05) is 11.3 Å². The first-order valence-corrected chi connectivity index (χ1v) is 9.53. The van der Waals surface area contributed by atoms with Crippen molar-refractivity contribution in [1.82, 2.24) is 4.90 Å². The van der Waals surface area contributed by atoms with Gasteiger partial charge in [-0.1, -0.05) is 31.2 Å². The number of carbonyl (C=O) groups is 2. The average molecular weight is 388 g/mol. The van der Waals surface area contributed by atoms with Gasteiger partial charge in [0.2, 0.25) is 0 Å². The lowest BCUT2D eigenvalue weighted by Crippen LogP contribution is -2.49. The summed E-state index contributed by atoms with van der Waals surface area (Å²) >= 11 is 0. The largest absolute Gasteiger partial charge is 0.350 e. The molecule has 28 heavy (non-hydrogen) atoms. The lowest BCUT2D eigenvalue weighted by atomic mass is 9.94. The van der Waals surface area contributed by atoms with E-state index < -0.39 is 35.1 Å². The molecule has 8 nitrogen and oxygen atoms in total. The van der Waals surface area contributed by atoms with Gasteiger partial charge in [-0.25, -0.2) is 4.90 Å². The zero-order valence-corrected chi connectivity index (χ0v) is 15.8.